The van der Waals surface area contributed by atoms with Crippen LogP contribution in [0.3, 0.4) is 0 Å². The van der Waals surface area contributed by atoms with Crippen molar-refractivity contribution in [2.75, 3.05) is 6.61 Å². The van der Waals surface area contributed by atoms with E-state index >= 15 is 0 Å². The lowest BCUT2D eigenvalue weighted by atomic mass is 9.90. The van der Waals surface area contributed by atoms with Crippen LogP contribution in [0.1, 0.15) is 38.7 Å². The van der Waals surface area contributed by atoms with E-state index in [0.29, 0.717) is 5.92 Å². The summed E-state index contributed by atoms with van der Waals surface area (Å²) < 4.78 is 4.35. The van der Waals surface area contributed by atoms with Crippen LogP contribution in [-0.4, -0.2) is 17.1 Å². The highest BCUT2D eigenvalue weighted by atomic mass is 28.2. The molecular weight excluding hydrogens is 260 g/mol. The predicted molar refractivity (Wildman–Crippen MR) is 88.0 cm³/mol. The van der Waals surface area contributed by atoms with Crippen LogP contribution in [-0.2, 0) is 4.43 Å². The Kier molecular flexibility index (Phi) is 7.93. The van der Waals surface area contributed by atoms with Crippen molar-refractivity contribution >= 4 is 10.5 Å². The van der Waals surface area contributed by atoms with Gasteiger partial charge in [0, 0.05) is 6.61 Å². The molecule has 0 fully saturated rings. The molecule has 0 aliphatic rings. The third kappa shape index (κ3) is 4.95. The van der Waals surface area contributed by atoms with Crippen molar-refractivity contribution in [3.05, 3.63) is 60.2 Å². The Morgan fingerprint density at radius 2 is 1.50 bits per heavy atom. The molecule has 2 rings (SSSR count). The smallest absolute Gasteiger partial charge is 0.246 e. The van der Waals surface area contributed by atoms with Crippen LogP contribution in [0.5, 0.6) is 0 Å². The first-order valence-corrected chi connectivity index (χ1v) is 7.58. The monoisotopic (exact) mass is 283 g/mol. The van der Waals surface area contributed by atoms with Crippen molar-refractivity contribution in [1.29, 1.82) is 0 Å². The zero-order valence-corrected chi connectivity index (χ0v) is 13.6. The second-order valence-corrected chi connectivity index (χ2v) is 4.98. The first kappa shape index (κ1) is 16.7. The fraction of sp³-hybridized carbons (Fsp3) is 0.333. The molecule has 1 nitrogen and oxygen atoms in total. The fourth-order valence-corrected chi connectivity index (χ4v) is 2.03. The fourth-order valence-electron chi connectivity index (χ4n) is 2.03. The van der Waals surface area contributed by atoms with E-state index in [1.807, 2.05) is 6.92 Å². The highest BCUT2D eigenvalue weighted by Gasteiger charge is 2.09. The van der Waals surface area contributed by atoms with Crippen molar-refractivity contribution in [3.63, 3.8) is 0 Å². The second-order valence-electron chi connectivity index (χ2n) is 4.70. The van der Waals surface area contributed by atoms with E-state index in [9.17, 15) is 0 Å². The first-order valence-electron chi connectivity index (χ1n) is 7.17. The van der Waals surface area contributed by atoms with Gasteiger partial charge >= 0.3 is 0 Å². The van der Waals surface area contributed by atoms with Crippen molar-refractivity contribution in [2.24, 2.45) is 0 Å². The minimum absolute atomic E-state index is 0.622. The van der Waals surface area contributed by atoms with Gasteiger partial charge in [-0.3, -0.25) is 0 Å². The van der Waals surface area contributed by atoms with E-state index < -0.39 is 0 Å². The summed E-state index contributed by atoms with van der Waals surface area (Å²) in [6.45, 7) is 7.18. The third-order valence-electron chi connectivity index (χ3n) is 3.33. The molecule has 105 valence electrons. The van der Waals surface area contributed by atoms with E-state index in [1.165, 1.54) is 23.1 Å². The van der Waals surface area contributed by atoms with Gasteiger partial charge < -0.3 is 4.43 Å². The van der Waals surface area contributed by atoms with Crippen LogP contribution in [0, 0.1) is 0 Å². The van der Waals surface area contributed by atoms with Gasteiger partial charge in [0.2, 0.25) is 10.5 Å². The van der Waals surface area contributed by atoms with Crippen LogP contribution < -0.4 is 0 Å². The van der Waals surface area contributed by atoms with Gasteiger partial charge in [0.15, 0.2) is 0 Å². The van der Waals surface area contributed by atoms with Gasteiger partial charge in [-0.25, -0.2) is 0 Å². The zero-order valence-electron chi connectivity index (χ0n) is 12.6. The lowest BCUT2D eigenvalue weighted by Gasteiger charge is -2.14. The van der Waals surface area contributed by atoms with E-state index in [4.69, 9.17) is 0 Å². The Morgan fingerprint density at radius 1 is 0.950 bits per heavy atom. The highest BCUT2D eigenvalue weighted by molar-refractivity contribution is 5.97. The van der Waals surface area contributed by atoms with E-state index in [-0.39, 0.29) is 0 Å². The molecular formula is C18H23OSi. The number of rotatable bonds is 4. The summed E-state index contributed by atoms with van der Waals surface area (Å²) in [6.07, 6.45) is 1.18. The summed E-state index contributed by atoms with van der Waals surface area (Å²) in [5.74, 6) is 0.622. The van der Waals surface area contributed by atoms with Crippen LogP contribution in [0.2, 0.25) is 0 Å². The first-order chi connectivity index (χ1) is 9.74. The number of hydrogen-bond donors (Lipinski definition) is 0. The summed E-state index contributed by atoms with van der Waals surface area (Å²) in [4.78, 5) is 0. The van der Waals surface area contributed by atoms with E-state index in [0.717, 1.165) is 6.61 Å². The molecule has 1 atom stereocenters. The van der Waals surface area contributed by atoms with Gasteiger partial charge in [0.25, 0.3) is 0 Å². The Hall–Kier alpha value is -1.38. The average molecular weight is 283 g/mol. The van der Waals surface area contributed by atoms with Gasteiger partial charge in [-0.2, -0.15) is 0 Å². The SMILES string of the molecule is CCC(C)c1ccccc1-c1ccccc1.CCO[Si]. The van der Waals surface area contributed by atoms with Crippen molar-refractivity contribution < 1.29 is 4.43 Å². The van der Waals surface area contributed by atoms with Gasteiger partial charge in [-0.1, -0.05) is 68.4 Å². The van der Waals surface area contributed by atoms with Crippen LogP contribution in [0.15, 0.2) is 54.6 Å². The van der Waals surface area contributed by atoms with Gasteiger partial charge in [-0.05, 0) is 36.0 Å². The molecule has 2 aromatic carbocycles. The van der Waals surface area contributed by atoms with Gasteiger partial charge in [0.05, 0.1) is 0 Å². The Bertz CT molecular complexity index is 480. The maximum atomic E-state index is 4.35. The third-order valence-corrected chi connectivity index (χ3v) is 3.62. The summed E-state index contributed by atoms with van der Waals surface area (Å²) >= 11 is 0. The van der Waals surface area contributed by atoms with Crippen molar-refractivity contribution in [2.45, 2.75) is 33.1 Å². The topological polar surface area (TPSA) is 9.23 Å². The molecule has 0 saturated heterocycles. The van der Waals surface area contributed by atoms with Crippen LogP contribution in [0.25, 0.3) is 11.1 Å². The Balaban J connectivity index is 0.000000444. The summed E-state index contributed by atoms with van der Waals surface area (Å²) in [5, 5.41) is 0. The molecule has 0 spiro atoms. The molecule has 0 N–H and O–H groups in total. The summed E-state index contributed by atoms with van der Waals surface area (Å²) in [6, 6.07) is 19.3. The van der Waals surface area contributed by atoms with E-state index in [2.05, 4.69) is 83.4 Å². The van der Waals surface area contributed by atoms with Crippen molar-refractivity contribution in [3.8, 4) is 11.1 Å². The van der Waals surface area contributed by atoms with Crippen LogP contribution in [0.4, 0.5) is 0 Å². The molecule has 2 aromatic rings. The van der Waals surface area contributed by atoms with Crippen LogP contribution >= 0.6 is 0 Å². The lowest BCUT2D eigenvalue weighted by Crippen LogP contribution is -1.94. The maximum absolute atomic E-state index is 4.35. The zero-order chi connectivity index (χ0) is 14.8. The van der Waals surface area contributed by atoms with Gasteiger partial charge in [0.1, 0.15) is 0 Å². The Morgan fingerprint density at radius 3 is 2.05 bits per heavy atom. The minimum atomic E-state index is 0.622. The molecule has 2 heteroatoms. The van der Waals surface area contributed by atoms with E-state index in [1.54, 1.807) is 0 Å². The number of benzene rings is 2. The molecule has 3 radical (unpaired) electrons. The molecule has 0 bridgehead atoms. The summed E-state index contributed by atoms with van der Waals surface area (Å²) in [5.41, 5.74) is 4.15. The number of hydrogen-bond acceptors (Lipinski definition) is 1. The Labute approximate surface area is 126 Å². The minimum Gasteiger partial charge on any atom is -0.419 e. The summed E-state index contributed by atoms with van der Waals surface area (Å²) in [7, 11) is 2.79. The molecule has 0 heterocycles. The second kappa shape index (κ2) is 9.51. The molecule has 1 unspecified atom stereocenters. The standard InChI is InChI=1S/C16H18.C2H5OSi/c1-3-13(2)15-11-7-8-12-16(15)14-9-5-4-6-10-14;1-2-3-4/h4-13H,3H2,1-2H3;2H2,1H3. The molecule has 20 heavy (non-hydrogen) atoms. The molecule has 0 aromatic heterocycles. The average Bonchev–Trinajstić information content (AvgIpc) is 2.55. The lowest BCUT2D eigenvalue weighted by molar-refractivity contribution is 0.375. The molecule has 0 aliphatic heterocycles. The maximum Gasteiger partial charge on any atom is 0.246 e. The molecule has 0 amide bonds. The largest absolute Gasteiger partial charge is 0.419 e. The molecule has 0 aliphatic carbocycles. The van der Waals surface area contributed by atoms with Gasteiger partial charge in [-0.15, -0.1) is 0 Å². The predicted octanol–water partition coefficient (Wildman–Crippen LogP) is 4.97. The quantitative estimate of drug-likeness (QED) is 0.720. The normalized spacial score (nSPS) is 11.4. The molecule has 0 saturated carbocycles. The van der Waals surface area contributed by atoms with Crippen molar-refractivity contribution in [1.82, 2.24) is 0 Å². The highest BCUT2D eigenvalue weighted by Crippen LogP contribution is 2.30.